The minimum absolute atomic E-state index is 0.422. The molecule has 1 aliphatic heterocycles. The second kappa shape index (κ2) is 4.59. The second-order valence-corrected chi connectivity index (χ2v) is 5.26. The van der Waals surface area contributed by atoms with Crippen molar-refractivity contribution in [3.05, 3.63) is 0 Å². The molecule has 1 heterocycles. The Morgan fingerprint density at radius 2 is 2.06 bits per heavy atom. The van der Waals surface area contributed by atoms with Crippen LogP contribution in [0.5, 0.6) is 0 Å². The average molecular weight is 231 g/mol. The van der Waals surface area contributed by atoms with E-state index in [1.54, 1.807) is 27.7 Å². The molecule has 3 atom stereocenters. The van der Waals surface area contributed by atoms with E-state index in [4.69, 9.17) is 4.74 Å². The normalized spacial score (nSPS) is 28.0. The number of hydrogen-bond donors (Lipinski definition) is 2. The van der Waals surface area contributed by atoms with Crippen molar-refractivity contribution in [1.29, 1.82) is 0 Å². The van der Waals surface area contributed by atoms with Gasteiger partial charge in [-0.05, 0) is 34.1 Å². The van der Waals surface area contributed by atoms with E-state index in [0.29, 0.717) is 13.0 Å². The summed E-state index contributed by atoms with van der Waals surface area (Å²) in [5.74, 6) is 0. The van der Waals surface area contributed by atoms with Crippen molar-refractivity contribution < 1.29 is 19.7 Å². The highest BCUT2D eigenvalue weighted by atomic mass is 16.6. The van der Waals surface area contributed by atoms with Gasteiger partial charge in [-0.3, -0.25) is 4.90 Å². The molecular formula is C11H21NO4. The summed E-state index contributed by atoms with van der Waals surface area (Å²) < 4.78 is 5.22. The van der Waals surface area contributed by atoms with Crippen molar-refractivity contribution in [3.63, 3.8) is 0 Å². The summed E-state index contributed by atoms with van der Waals surface area (Å²) in [6.45, 7) is 7.35. The van der Waals surface area contributed by atoms with Crippen molar-refractivity contribution in [1.82, 2.24) is 4.90 Å². The molecule has 1 saturated heterocycles. The van der Waals surface area contributed by atoms with E-state index in [-0.39, 0.29) is 0 Å². The zero-order valence-corrected chi connectivity index (χ0v) is 10.3. The van der Waals surface area contributed by atoms with Crippen LogP contribution in [0.2, 0.25) is 0 Å². The Labute approximate surface area is 96.0 Å². The number of likely N-dealkylation sites (tertiary alicyclic amines) is 1. The molecule has 1 rings (SSSR count). The number of amides is 1. The van der Waals surface area contributed by atoms with Gasteiger partial charge in [0.2, 0.25) is 0 Å². The number of rotatable bonds is 1. The molecule has 0 spiro atoms. The molecule has 0 aliphatic carbocycles. The first-order valence-electron chi connectivity index (χ1n) is 5.58. The van der Waals surface area contributed by atoms with Gasteiger partial charge >= 0.3 is 6.09 Å². The third-order valence-electron chi connectivity index (χ3n) is 2.54. The van der Waals surface area contributed by atoms with Crippen LogP contribution in [-0.4, -0.2) is 51.6 Å². The van der Waals surface area contributed by atoms with Gasteiger partial charge in [0, 0.05) is 6.54 Å². The first kappa shape index (κ1) is 13.3. The van der Waals surface area contributed by atoms with Gasteiger partial charge in [0.05, 0.1) is 18.2 Å². The SMILES string of the molecule is CC(O)C1[C@@H](O)CCN1C(=O)OC(C)(C)C. The summed E-state index contributed by atoms with van der Waals surface area (Å²) >= 11 is 0. The van der Waals surface area contributed by atoms with Crippen LogP contribution >= 0.6 is 0 Å². The van der Waals surface area contributed by atoms with Crippen molar-refractivity contribution >= 4 is 6.09 Å². The van der Waals surface area contributed by atoms with E-state index in [0.717, 1.165) is 0 Å². The quantitative estimate of drug-likeness (QED) is 0.698. The third-order valence-corrected chi connectivity index (χ3v) is 2.54. The fourth-order valence-electron chi connectivity index (χ4n) is 1.91. The highest BCUT2D eigenvalue weighted by Crippen LogP contribution is 2.23. The van der Waals surface area contributed by atoms with Gasteiger partial charge in [-0.2, -0.15) is 0 Å². The van der Waals surface area contributed by atoms with Crippen LogP contribution in [0.1, 0.15) is 34.1 Å². The molecule has 1 aliphatic rings. The highest BCUT2D eigenvalue weighted by Gasteiger charge is 2.40. The molecule has 0 saturated carbocycles. The number of carbonyl (C=O) groups excluding carboxylic acids is 1. The lowest BCUT2D eigenvalue weighted by atomic mass is 10.1. The van der Waals surface area contributed by atoms with Crippen LogP contribution < -0.4 is 0 Å². The van der Waals surface area contributed by atoms with E-state index >= 15 is 0 Å². The van der Waals surface area contributed by atoms with Gasteiger partial charge in [-0.1, -0.05) is 0 Å². The molecule has 0 radical (unpaired) electrons. The summed E-state index contributed by atoms with van der Waals surface area (Å²) in [4.78, 5) is 13.2. The summed E-state index contributed by atoms with van der Waals surface area (Å²) in [5, 5.41) is 19.2. The third kappa shape index (κ3) is 3.09. The molecule has 1 fully saturated rings. The zero-order valence-electron chi connectivity index (χ0n) is 10.3. The van der Waals surface area contributed by atoms with Gasteiger partial charge in [0.1, 0.15) is 5.60 Å². The van der Waals surface area contributed by atoms with Crippen LogP contribution in [-0.2, 0) is 4.74 Å². The monoisotopic (exact) mass is 231 g/mol. The first-order chi connectivity index (χ1) is 7.22. The number of ether oxygens (including phenoxy) is 1. The Hall–Kier alpha value is -0.810. The molecule has 0 aromatic carbocycles. The van der Waals surface area contributed by atoms with E-state index in [9.17, 15) is 15.0 Å². The fourth-order valence-corrected chi connectivity index (χ4v) is 1.91. The minimum atomic E-state index is -0.759. The summed E-state index contributed by atoms with van der Waals surface area (Å²) in [6.07, 6.45) is -1.43. The smallest absolute Gasteiger partial charge is 0.410 e. The Balaban J connectivity index is 2.69. The number of nitrogens with zero attached hydrogens (tertiary/aromatic N) is 1. The highest BCUT2D eigenvalue weighted by molar-refractivity contribution is 5.69. The number of aliphatic hydroxyl groups is 2. The Morgan fingerprint density at radius 3 is 2.50 bits per heavy atom. The topological polar surface area (TPSA) is 70.0 Å². The van der Waals surface area contributed by atoms with E-state index in [1.165, 1.54) is 4.90 Å². The molecule has 2 unspecified atom stereocenters. The van der Waals surface area contributed by atoms with Crippen LogP contribution in [0.15, 0.2) is 0 Å². The number of hydrogen-bond acceptors (Lipinski definition) is 4. The van der Waals surface area contributed by atoms with Gasteiger partial charge in [-0.25, -0.2) is 4.79 Å². The largest absolute Gasteiger partial charge is 0.444 e. The van der Waals surface area contributed by atoms with Crippen molar-refractivity contribution in [2.45, 2.75) is 58.0 Å². The lowest BCUT2D eigenvalue weighted by Crippen LogP contribution is -2.47. The molecule has 5 heteroatoms. The van der Waals surface area contributed by atoms with Gasteiger partial charge in [-0.15, -0.1) is 0 Å². The Bertz CT molecular complexity index is 259. The maximum absolute atomic E-state index is 11.8. The van der Waals surface area contributed by atoms with E-state index < -0.39 is 29.9 Å². The van der Waals surface area contributed by atoms with Crippen LogP contribution in [0.3, 0.4) is 0 Å². The molecule has 5 nitrogen and oxygen atoms in total. The molecular weight excluding hydrogens is 210 g/mol. The first-order valence-corrected chi connectivity index (χ1v) is 5.58. The van der Waals surface area contributed by atoms with Crippen molar-refractivity contribution in [3.8, 4) is 0 Å². The molecule has 16 heavy (non-hydrogen) atoms. The van der Waals surface area contributed by atoms with Crippen LogP contribution in [0.25, 0.3) is 0 Å². The Kier molecular flexibility index (Phi) is 3.80. The van der Waals surface area contributed by atoms with E-state index in [1.807, 2.05) is 0 Å². The molecule has 1 amide bonds. The van der Waals surface area contributed by atoms with E-state index in [2.05, 4.69) is 0 Å². The van der Waals surface area contributed by atoms with Crippen molar-refractivity contribution in [2.75, 3.05) is 6.54 Å². The van der Waals surface area contributed by atoms with Gasteiger partial charge in [0.25, 0.3) is 0 Å². The predicted octanol–water partition coefficient (Wildman–Crippen LogP) is 0.738. The maximum atomic E-state index is 11.8. The zero-order chi connectivity index (χ0) is 12.5. The average Bonchev–Trinajstić information content (AvgIpc) is 2.43. The van der Waals surface area contributed by atoms with Crippen molar-refractivity contribution in [2.24, 2.45) is 0 Å². The number of carbonyl (C=O) groups is 1. The predicted molar refractivity (Wildman–Crippen MR) is 59.0 cm³/mol. The Morgan fingerprint density at radius 1 is 1.50 bits per heavy atom. The molecule has 94 valence electrons. The summed E-state index contributed by atoms with van der Waals surface area (Å²) in [6, 6.07) is -0.560. The minimum Gasteiger partial charge on any atom is -0.444 e. The molecule has 2 N–H and O–H groups in total. The maximum Gasteiger partial charge on any atom is 0.410 e. The molecule has 0 aromatic rings. The van der Waals surface area contributed by atoms with Crippen LogP contribution in [0.4, 0.5) is 4.79 Å². The number of aliphatic hydroxyl groups excluding tert-OH is 2. The molecule has 0 aromatic heterocycles. The fraction of sp³-hybridized carbons (Fsp3) is 0.909. The summed E-state index contributed by atoms with van der Waals surface area (Å²) in [7, 11) is 0. The summed E-state index contributed by atoms with van der Waals surface area (Å²) in [5.41, 5.74) is -0.562. The van der Waals surface area contributed by atoms with Crippen LogP contribution in [0, 0.1) is 0 Å². The molecule has 0 bridgehead atoms. The second-order valence-electron chi connectivity index (χ2n) is 5.26. The van der Waals surface area contributed by atoms with Gasteiger partial charge < -0.3 is 14.9 Å². The van der Waals surface area contributed by atoms with Gasteiger partial charge in [0.15, 0.2) is 0 Å². The standard InChI is InChI=1S/C11H21NO4/c1-7(13)9-8(14)5-6-12(9)10(15)16-11(2,3)4/h7-9,13-14H,5-6H2,1-4H3/t7?,8-,9?/m0/s1. The lowest BCUT2D eigenvalue weighted by molar-refractivity contribution is -0.0101. The lowest BCUT2D eigenvalue weighted by Gasteiger charge is -2.30.